The molecule has 0 spiro atoms. The third-order valence-electron chi connectivity index (χ3n) is 2.56. The SMILES string of the molecule is CNc1ncc(F)c(NCCc2cccc(F)c2)n1. The summed E-state index contributed by atoms with van der Waals surface area (Å²) in [6, 6.07) is 6.31. The molecule has 0 bridgehead atoms. The van der Waals surface area contributed by atoms with Crippen molar-refractivity contribution in [3.05, 3.63) is 47.7 Å². The number of aromatic nitrogens is 2. The van der Waals surface area contributed by atoms with Gasteiger partial charge in [0, 0.05) is 13.6 Å². The van der Waals surface area contributed by atoms with Crippen LogP contribution in [0.25, 0.3) is 0 Å². The van der Waals surface area contributed by atoms with E-state index in [1.54, 1.807) is 13.1 Å². The van der Waals surface area contributed by atoms with Crippen LogP contribution in [-0.2, 0) is 6.42 Å². The molecule has 0 atom stereocenters. The molecule has 0 unspecified atom stereocenters. The average molecular weight is 264 g/mol. The summed E-state index contributed by atoms with van der Waals surface area (Å²) in [6.45, 7) is 0.459. The fourth-order valence-electron chi connectivity index (χ4n) is 1.63. The third kappa shape index (κ3) is 3.61. The maximum Gasteiger partial charge on any atom is 0.224 e. The lowest BCUT2D eigenvalue weighted by atomic mass is 10.1. The molecule has 6 heteroatoms. The zero-order valence-corrected chi connectivity index (χ0v) is 10.5. The van der Waals surface area contributed by atoms with Crippen LogP contribution in [0.4, 0.5) is 20.5 Å². The van der Waals surface area contributed by atoms with Crippen molar-refractivity contribution in [2.45, 2.75) is 6.42 Å². The van der Waals surface area contributed by atoms with Gasteiger partial charge in [0.15, 0.2) is 11.6 Å². The van der Waals surface area contributed by atoms with Crippen molar-refractivity contribution in [3.8, 4) is 0 Å². The topological polar surface area (TPSA) is 49.8 Å². The molecule has 0 amide bonds. The van der Waals surface area contributed by atoms with Crippen LogP contribution in [0.3, 0.4) is 0 Å². The summed E-state index contributed by atoms with van der Waals surface area (Å²) in [5, 5.41) is 5.60. The fraction of sp³-hybridized carbons (Fsp3) is 0.231. The first-order chi connectivity index (χ1) is 9.19. The number of hydrogen-bond acceptors (Lipinski definition) is 4. The molecule has 19 heavy (non-hydrogen) atoms. The fourth-order valence-corrected chi connectivity index (χ4v) is 1.63. The summed E-state index contributed by atoms with van der Waals surface area (Å²) in [6.07, 6.45) is 1.68. The highest BCUT2D eigenvalue weighted by Gasteiger charge is 2.05. The molecule has 0 saturated heterocycles. The summed E-state index contributed by atoms with van der Waals surface area (Å²) < 4.78 is 26.4. The first kappa shape index (κ1) is 13.2. The predicted molar refractivity (Wildman–Crippen MR) is 70.1 cm³/mol. The Labute approximate surface area is 109 Å². The molecule has 0 aliphatic rings. The second-order valence-corrected chi connectivity index (χ2v) is 3.95. The Morgan fingerprint density at radius 3 is 2.84 bits per heavy atom. The van der Waals surface area contributed by atoms with Gasteiger partial charge in [-0.05, 0) is 24.1 Å². The van der Waals surface area contributed by atoms with Gasteiger partial charge in [-0.1, -0.05) is 12.1 Å². The molecule has 1 aromatic carbocycles. The Kier molecular flexibility index (Phi) is 4.22. The molecule has 0 radical (unpaired) electrons. The normalized spacial score (nSPS) is 10.3. The lowest BCUT2D eigenvalue weighted by Crippen LogP contribution is -2.10. The van der Waals surface area contributed by atoms with Crippen LogP contribution >= 0.6 is 0 Å². The van der Waals surface area contributed by atoms with Crippen LogP contribution in [0.5, 0.6) is 0 Å². The largest absolute Gasteiger partial charge is 0.367 e. The van der Waals surface area contributed by atoms with Crippen molar-refractivity contribution in [1.82, 2.24) is 9.97 Å². The van der Waals surface area contributed by atoms with Gasteiger partial charge < -0.3 is 10.6 Å². The minimum Gasteiger partial charge on any atom is -0.367 e. The molecule has 1 heterocycles. The molecule has 0 aliphatic heterocycles. The molecule has 2 N–H and O–H groups in total. The van der Waals surface area contributed by atoms with Gasteiger partial charge in [0.2, 0.25) is 5.95 Å². The first-order valence-corrected chi connectivity index (χ1v) is 5.87. The lowest BCUT2D eigenvalue weighted by Gasteiger charge is -2.08. The van der Waals surface area contributed by atoms with Crippen LogP contribution in [-0.4, -0.2) is 23.6 Å². The number of nitrogens with zero attached hydrogens (tertiary/aromatic N) is 2. The number of rotatable bonds is 5. The van der Waals surface area contributed by atoms with E-state index in [9.17, 15) is 8.78 Å². The molecular formula is C13H14F2N4. The number of benzene rings is 1. The number of nitrogens with one attached hydrogen (secondary N) is 2. The molecule has 4 nitrogen and oxygen atoms in total. The molecule has 0 fully saturated rings. The second-order valence-electron chi connectivity index (χ2n) is 3.95. The van der Waals surface area contributed by atoms with E-state index in [4.69, 9.17) is 0 Å². The monoisotopic (exact) mass is 264 g/mol. The van der Waals surface area contributed by atoms with Crippen molar-refractivity contribution < 1.29 is 8.78 Å². The van der Waals surface area contributed by atoms with E-state index in [2.05, 4.69) is 20.6 Å². The zero-order valence-electron chi connectivity index (χ0n) is 10.5. The smallest absolute Gasteiger partial charge is 0.224 e. The van der Waals surface area contributed by atoms with Gasteiger partial charge in [-0.3, -0.25) is 0 Å². The van der Waals surface area contributed by atoms with Crippen LogP contribution < -0.4 is 10.6 Å². The van der Waals surface area contributed by atoms with Crippen molar-refractivity contribution >= 4 is 11.8 Å². The van der Waals surface area contributed by atoms with E-state index >= 15 is 0 Å². The van der Waals surface area contributed by atoms with Crippen molar-refractivity contribution in [2.24, 2.45) is 0 Å². The Bertz CT molecular complexity index is 560. The highest BCUT2D eigenvalue weighted by atomic mass is 19.1. The van der Waals surface area contributed by atoms with Crippen LogP contribution in [0.2, 0.25) is 0 Å². The molecule has 0 saturated carbocycles. The van der Waals surface area contributed by atoms with E-state index in [0.29, 0.717) is 18.9 Å². The summed E-state index contributed by atoms with van der Waals surface area (Å²) in [4.78, 5) is 7.71. The Morgan fingerprint density at radius 2 is 2.11 bits per heavy atom. The van der Waals surface area contributed by atoms with Gasteiger partial charge in [0.25, 0.3) is 0 Å². The first-order valence-electron chi connectivity index (χ1n) is 5.87. The van der Waals surface area contributed by atoms with Crippen LogP contribution in [0.1, 0.15) is 5.56 Å². The van der Waals surface area contributed by atoms with Gasteiger partial charge in [-0.25, -0.2) is 13.8 Å². The van der Waals surface area contributed by atoms with Crippen molar-refractivity contribution in [3.63, 3.8) is 0 Å². The maximum absolute atomic E-state index is 13.4. The third-order valence-corrected chi connectivity index (χ3v) is 2.56. The second kappa shape index (κ2) is 6.08. The van der Waals surface area contributed by atoms with E-state index in [1.807, 2.05) is 6.07 Å². The van der Waals surface area contributed by atoms with Gasteiger partial charge in [0.05, 0.1) is 6.20 Å². The minimum absolute atomic E-state index is 0.135. The summed E-state index contributed by atoms with van der Waals surface area (Å²) >= 11 is 0. The quantitative estimate of drug-likeness (QED) is 0.871. The van der Waals surface area contributed by atoms with E-state index in [-0.39, 0.29) is 11.6 Å². The molecule has 1 aromatic heterocycles. The Balaban J connectivity index is 1.95. The van der Waals surface area contributed by atoms with E-state index in [1.165, 1.54) is 12.1 Å². The van der Waals surface area contributed by atoms with Gasteiger partial charge in [-0.2, -0.15) is 4.98 Å². The highest BCUT2D eigenvalue weighted by Crippen LogP contribution is 2.12. The lowest BCUT2D eigenvalue weighted by molar-refractivity contribution is 0.616. The summed E-state index contributed by atoms with van der Waals surface area (Å²) in [5.41, 5.74) is 0.843. The number of halogens is 2. The van der Waals surface area contributed by atoms with Gasteiger partial charge in [0.1, 0.15) is 5.82 Å². The summed E-state index contributed by atoms with van der Waals surface area (Å²) in [7, 11) is 1.66. The molecule has 0 aliphatic carbocycles. The molecule has 2 rings (SSSR count). The summed E-state index contributed by atoms with van der Waals surface area (Å²) in [5.74, 6) is -0.313. The minimum atomic E-state index is -0.516. The van der Waals surface area contributed by atoms with E-state index < -0.39 is 5.82 Å². The van der Waals surface area contributed by atoms with E-state index in [0.717, 1.165) is 11.8 Å². The highest BCUT2D eigenvalue weighted by molar-refractivity contribution is 5.40. The number of anilines is 2. The van der Waals surface area contributed by atoms with Crippen LogP contribution in [0, 0.1) is 11.6 Å². The predicted octanol–water partition coefficient (Wildman–Crippen LogP) is 2.45. The average Bonchev–Trinajstić information content (AvgIpc) is 2.41. The molecule has 2 aromatic rings. The zero-order chi connectivity index (χ0) is 13.7. The molecular weight excluding hydrogens is 250 g/mol. The Morgan fingerprint density at radius 1 is 1.26 bits per heavy atom. The van der Waals surface area contributed by atoms with Gasteiger partial charge >= 0.3 is 0 Å². The maximum atomic E-state index is 13.4. The Hall–Kier alpha value is -2.24. The number of hydrogen-bond donors (Lipinski definition) is 2. The van der Waals surface area contributed by atoms with Crippen molar-refractivity contribution in [2.75, 3.05) is 24.2 Å². The molecule has 100 valence electrons. The van der Waals surface area contributed by atoms with Gasteiger partial charge in [-0.15, -0.1) is 0 Å². The standard InChI is InChI=1S/C13H14F2N4/c1-16-13-18-8-11(15)12(19-13)17-6-5-9-3-2-4-10(14)7-9/h2-4,7-8H,5-6H2,1H3,(H2,16,17,18,19). The van der Waals surface area contributed by atoms with Crippen molar-refractivity contribution in [1.29, 1.82) is 0 Å². The van der Waals surface area contributed by atoms with Crippen LogP contribution in [0.15, 0.2) is 30.5 Å².